The van der Waals surface area contributed by atoms with E-state index < -0.39 is 47.6 Å². The van der Waals surface area contributed by atoms with E-state index in [1.165, 1.54) is 16.2 Å². The Hall–Kier alpha value is -2.96. The molecule has 5 rings (SSSR count). The van der Waals surface area contributed by atoms with Crippen molar-refractivity contribution in [3.63, 3.8) is 0 Å². The number of ketones is 1. The number of carbonyl (C=O) groups is 3. The van der Waals surface area contributed by atoms with Gasteiger partial charge in [-0.2, -0.15) is 0 Å². The van der Waals surface area contributed by atoms with Gasteiger partial charge in [-0.05, 0) is 36.6 Å². The van der Waals surface area contributed by atoms with Gasteiger partial charge in [0.2, 0.25) is 18.2 Å². The first-order chi connectivity index (χ1) is 19.4. The number of piperazine rings is 1. The molecular formula is C29H37F2N5O4S. The minimum absolute atomic E-state index is 0.179. The zero-order valence-electron chi connectivity index (χ0n) is 23.8. The lowest BCUT2D eigenvalue weighted by atomic mass is 9.70. The van der Waals surface area contributed by atoms with Crippen LogP contribution in [0.15, 0.2) is 23.6 Å². The topological polar surface area (TPSA) is 109 Å². The van der Waals surface area contributed by atoms with E-state index in [4.69, 9.17) is 15.5 Å². The highest BCUT2D eigenvalue weighted by molar-refractivity contribution is 7.14. The Morgan fingerprint density at radius 3 is 2.56 bits per heavy atom. The molecule has 9 nitrogen and oxygen atoms in total. The van der Waals surface area contributed by atoms with Crippen LogP contribution in [0.5, 0.6) is 0 Å². The minimum Gasteiger partial charge on any atom is -0.367 e. The monoisotopic (exact) mass is 589 g/mol. The van der Waals surface area contributed by atoms with E-state index in [0.29, 0.717) is 17.7 Å². The SMILES string of the molecule is CCC(C)(C)[C@H](C(=O)N1C[C@H](C(F)F)[C@H]2OCC(=O)[C@H]21)c1cc(-c2csc(N3CCN(C)CC3)n2)ccc1C(N)=O. The number of ether oxygens (including phenoxy) is 1. The van der Waals surface area contributed by atoms with Crippen molar-refractivity contribution in [3.8, 4) is 11.3 Å². The second-order valence-electron chi connectivity index (χ2n) is 11.9. The number of hydrogen-bond acceptors (Lipinski definition) is 8. The number of alkyl halides is 2. The van der Waals surface area contributed by atoms with Crippen molar-refractivity contribution in [1.29, 1.82) is 0 Å². The summed E-state index contributed by atoms with van der Waals surface area (Å²) in [5.74, 6) is -3.74. The highest BCUT2D eigenvalue weighted by atomic mass is 32.1. The normalized spacial score (nSPS) is 24.3. The number of likely N-dealkylation sites (N-methyl/N-ethyl adjacent to an activating group) is 1. The number of carbonyl (C=O) groups excluding carboxylic acids is 3. The van der Waals surface area contributed by atoms with Crippen LogP contribution in [0.1, 0.15) is 49.0 Å². The lowest BCUT2D eigenvalue weighted by Gasteiger charge is -2.37. The van der Waals surface area contributed by atoms with E-state index in [-0.39, 0.29) is 24.5 Å². The molecule has 12 heteroatoms. The molecule has 222 valence electrons. The number of halogens is 2. The third kappa shape index (κ3) is 5.49. The van der Waals surface area contributed by atoms with Crippen LogP contribution < -0.4 is 10.6 Å². The molecular weight excluding hydrogens is 552 g/mol. The number of nitrogens with zero attached hydrogens (tertiary/aromatic N) is 4. The molecule has 0 spiro atoms. The fourth-order valence-corrected chi connectivity index (χ4v) is 7.01. The van der Waals surface area contributed by atoms with Crippen LogP contribution in [-0.2, 0) is 14.3 Å². The summed E-state index contributed by atoms with van der Waals surface area (Å²) in [6.45, 7) is 8.76. The molecule has 1 aromatic carbocycles. The van der Waals surface area contributed by atoms with Gasteiger partial charge in [-0.15, -0.1) is 11.3 Å². The van der Waals surface area contributed by atoms with E-state index in [1.54, 1.807) is 18.2 Å². The van der Waals surface area contributed by atoms with Crippen molar-refractivity contribution in [2.45, 2.75) is 51.7 Å². The summed E-state index contributed by atoms with van der Waals surface area (Å²) < 4.78 is 33.3. The van der Waals surface area contributed by atoms with E-state index in [1.807, 2.05) is 26.2 Å². The van der Waals surface area contributed by atoms with Crippen LogP contribution >= 0.6 is 11.3 Å². The quantitative estimate of drug-likeness (QED) is 0.504. The van der Waals surface area contributed by atoms with Gasteiger partial charge in [0.05, 0.1) is 23.6 Å². The molecule has 0 radical (unpaired) electrons. The van der Waals surface area contributed by atoms with Gasteiger partial charge in [0.1, 0.15) is 12.6 Å². The predicted molar refractivity (Wildman–Crippen MR) is 152 cm³/mol. The number of nitrogens with two attached hydrogens (primary N) is 1. The maximum Gasteiger partial charge on any atom is 0.249 e. The fraction of sp³-hybridized carbons (Fsp3) is 0.586. The molecule has 0 unspecified atom stereocenters. The van der Waals surface area contributed by atoms with Crippen molar-refractivity contribution in [1.82, 2.24) is 14.8 Å². The van der Waals surface area contributed by atoms with E-state index in [2.05, 4.69) is 16.8 Å². The third-order valence-electron chi connectivity index (χ3n) is 8.96. The number of thiazole rings is 1. The fourth-order valence-electron chi connectivity index (χ4n) is 6.13. The summed E-state index contributed by atoms with van der Waals surface area (Å²) in [6, 6.07) is 4.07. The van der Waals surface area contributed by atoms with Crippen LogP contribution in [0.3, 0.4) is 0 Å². The van der Waals surface area contributed by atoms with Crippen molar-refractivity contribution >= 4 is 34.1 Å². The lowest BCUT2D eigenvalue weighted by Crippen LogP contribution is -2.47. The Morgan fingerprint density at radius 2 is 1.93 bits per heavy atom. The Kier molecular flexibility index (Phi) is 8.19. The van der Waals surface area contributed by atoms with Gasteiger partial charge in [0.15, 0.2) is 10.9 Å². The van der Waals surface area contributed by atoms with Crippen LogP contribution in [0.2, 0.25) is 0 Å². The molecule has 4 heterocycles. The summed E-state index contributed by atoms with van der Waals surface area (Å²) in [4.78, 5) is 50.4. The number of hydrogen-bond donors (Lipinski definition) is 1. The van der Waals surface area contributed by atoms with E-state index in [0.717, 1.165) is 36.9 Å². The number of likely N-dealkylation sites (tertiary alicyclic amines) is 1. The standard InChI is InChI=1S/C29H37F2N5O4S/c1-5-29(2,3)22(27(39)36-13-19(25(30)31)24-23(36)21(37)14-40-24)18-12-16(6-7-17(18)26(32)38)20-15-41-28(33-20)35-10-8-34(4)9-11-35/h6-7,12,15,19,22-25H,5,8-11,13-14H2,1-4H3,(H2,32,38)/t19-,22-,23+,24+/m0/s1. The summed E-state index contributed by atoms with van der Waals surface area (Å²) in [7, 11) is 2.09. The second kappa shape index (κ2) is 11.4. The first-order valence-electron chi connectivity index (χ1n) is 14.0. The van der Waals surface area contributed by atoms with Gasteiger partial charge in [0.25, 0.3) is 0 Å². The molecule has 3 aliphatic heterocycles. The molecule has 0 bridgehead atoms. The maximum absolute atomic E-state index is 14.4. The molecule has 1 aromatic heterocycles. The van der Waals surface area contributed by atoms with Crippen molar-refractivity contribution in [3.05, 3.63) is 34.7 Å². The zero-order chi connectivity index (χ0) is 29.6. The predicted octanol–water partition coefficient (Wildman–Crippen LogP) is 3.24. The van der Waals surface area contributed by atoms with Crippen molar-refractivity contribution in [2.24, 2.45) is 17.1 Å². The zero-order valence-corrected chi connectivity index (χ0v) is 24.6. The highest BCUT2D eigenvalue weighted by Gasteiger charge is 2.56. The van der Waals surface area contributed by atoms with Crippen molar-refractivity contribution in [2.75, 3.05) is 51.3 Å². The number of benzene rings is 1. The molecule has 4 atom stereocenters. The molecule has 2 amide bonds. The number of fused-ring (bicyclic) bond motifs is 1. The average Bonchev–Trinajstić information content (AvgIpc) is 3.66. The third-order valence-corrected chi connectivity index (χ3v) is 9.86. The van der Waals surface area contributed by atoms with Crippen LogP contribution in [0, 0.1) is 11.3 Å². The molecule has 3 aliphatic rings. The minimum atomic E-state index is -2.74. The van der Waals surface area contributed by atoms with Gasteiger partial charge in [-0.3, -0.25) is 14.4 Å². The Balaban J connectivity index is 1.55. The average molecular weight is 590 g/mol. The van der Waals surface area contributed by atoms with Crippen LogP contribution in [-0.4, -0.2) is 97.3 Å². The smallest absolute Gasteiger partial charge is 0.249 e. The number of rotatable bonds is 8. The summed E-state index contributed by atoms with van der Waals surface area (Å²) in [6.07, 6.45) is -3.24. The summed E-state index contributed by atoms with van der Waals surface area (Å²) in [5.41, 5.74) is 7.11. The van der Waals surface area contributed by atoms with E-state index >= 15 is 0 Å². The number of primary amides is 1. The largest absolute Gasteiger partial charge is 0.367 e. The number of aromatic nitrogens is 1. The maximum atomic E-state index is 14.4. The molecule has 0 aliphatic carbocycles. The Labute approximate surface area is 242 Å². The van der Waals surface area contributed by atoms with Gasteiger partial charge >= 0.3 is 0 Å². The summed E-state index contributed by atoms with van der Waals surface area (Å²) in [5, 5.41) is 2.85. The van der Waals surface area contributed by atoms with Gasteiger partial charge in [-0.1, -0.05) is 26.8 Å². The Bertz CT molecular complexity index is 1330. The molecule has 41 heavy (non-hydrogen) atoms. The molecule has 2 N–H and O–H groups in total. The molecule has 0 saturated carbocycles. The van der Waals surface area contributed by atoms with E-state index in [9.17, 15) is 23.2 Å². The molecule has 3 fully saturated rings. The second-order valence-corrected chi connectivity index (χ2v) is 12.8. The van der Waals surface area contributed by atoms with Gasteiger partial charge < -0.3 is 25.2 Å². The summed E-state index contributed by atoms with van der Waals surface area (Å²) >= 11 is 1.53. The lowest BCUT2D eigenvalue weighted by molar-refractivity contribution is -0.140. The van der Waals surface area contributed by atoms with Gasteiger partial charge in [0, 0.05) is 49.2 Å². The number of anilines is 1. The first kappa shape index (κ1) is 29.5. The Morgan fingerprint density at radius 1 is 1.22 bits per heavy atom. The molecule has 2 aromatic rings. The number of Topliss-reactive ketones (excluding diaryl/α,β-unsaturated/α-hetero) is 1. The first-order valence-corrected chi connectivity index (χ1v) is 14.9. The number of amides is 2. The van der Waals surface area contributed by atoms with Crippen LogP contribution in [0.25, 0.3) is 11.3 Å². The highest BCUT2D eigenvalue weighted by Crippen LogP contribution is 2.45. The van der Waals surface area contributed by atoms with Crippen LogP contribution in [0.4, 0.5) is 13.9 Å². The molecule has 3 saturated heterocycles. The van der Waals surface area contributed by atoms with Gasteiger partial charge in [-0.25, -0.2) is 13.8 Å². The van der Waals surface area contributed by atoms with Crippen molar-refractivity contribution < 1.29 is 27.9 Å².